The lowest BCUT2D eigenvalue weighted by Crippen LogP contribution is -2.61. The summed E-state index contributed by atoms with van der Waals surface area (Å²) in [5, 5.41) is 22.2. The van der Waals surface area contributed by atoms with Gasteiger partial charge in [-0.15, -0.1) is 0 Å². The molecular formula is C18H19FN2O12. The predicted octanol–water partition coefficient (Wildman–Crippen LogP) is 1.37. The highest BCUT2D eigenvalue weighted by atomic mass is 19.1. The lowest BCUT2D eigenvalue weighted by atomic mass is 9.99. The number of ether oxygens (including phenoxy) is 5. The molecule has 0 saturated carbocycles. The van der Waals surface area contributed by atoms with E-state index in [0.717, 1.165) is 32.9 Å². The second-order valence-electron chi connectivity index (χ2n) is 6.72. The zero-order valence-electron chi connectivity index (χ0n) is 17.5. The van der Waals surface area contributed by atoms with Crippen molar-refractivity contribution in [2.24, 2.45) is 0 Å². The third kappa shape index (κ3) is 6.55. The number of nitrogens with zero attached hydrogens (tertiary/aromatic N) is 2. The summed E-state index contributed by atoms with van der Waals surface area (Å²) in [6.07, 6.45) is -9.03. The molecule has 0 bridgehead atoms. The van der Waals surface area contributed by atoms with Crippen molar-refractivity contribution in [3.63, 3.8) is 0 Å². The van der Waals surface area contributed by atoms with Crippen molar-refractivity contribution in [3.05, 3.63) is 38.4 Å². The van der Waals surface area contributed by atoms with Gasteiger partial charge in [0, 0.05) is 26.8 Å². The molecule has 1 aliphatic heterocycles. The molecule has 0 amide bonds. The standard InChI is InChI=1S/C18H19FN2O12/c1-8(22)29-7-14-16(30-9(2)23)17(31-10(3)24)15(19)18(33-14)32-13-5-4-11(20(25)26)6-12(13)21(27)28/h4-6,14-18H,7H2,1-3H3. The first kappa shape index (κ1) is 25.4. The first-order chi connectivity index (χ1) is 15.4. The summed E-state index contributed by atoms with van der Waals surface area (Å²) in [5.41, 5.74) is -1.47. The molecule has 5 atom stereocenters. The van der Waals surface area contributed by atoms with Gasteiger partial charge in [-0.3, -0.25) is 34.6 Å². The van der Waals surface area contributed by atoms with Crippen LogP contribution in [0.4, 0.5) is 15.8 Å². The molecule has 0 aliphatic carbocycles. The first-order valence-corrected chi connectivity index (χ1v) is 9.27. The Morgan fingerprint density at radius 3 is 2.12 bits per heavy atom. The van der Waals surface area contributed by atoms with Crippen LogP contribution in [0.2, 0.25) is 0 Å². The maximum absolute atomic E-state index is 15.3. The third-order valence-corrected chi connectivity index (χ3v) is 4.22. The van der Waals surface area contributed by atoms with Gasteiger partial charge < -0.3 is 23.7 Å². The van der Waals surface area contributed by atoms with Gasteiger partial charge in [-0.1, -0.05) is 0 Å². The van der Waals surface area contributed by atoms with Crippen molar-refractivity contribution in [2.45, 2.75) is 51.5 Å². The number of nitro benzene ring substituents is 2. The molecule has 1 aromatic rings. The smallest absolute Gasteiger partial charge is 0.317 e. The molecule has 0 radical (unpaired) electrons. The minimum Gasteiger partial charge on any atom is -0.463 e. The number of rotatable bonds is 8. The number of hydrogen-bond donors (Lipinski definition) is 0. The molecule has 1 heterocycles. The first-order valence-electron chi connectivity index (χ1n) is 9.27. The van der Waals surface area contributed by atoms with Crippen molar-refractivity contribution in [1.29, 1.82) is 0 Å². The predicted molar refractivity (Wildman–Crippen MR) is 102 cm³/mol. The molecule has 1 saturated heterocycles. The SMILES string of the molecule is CC(=O)OCC1OC(Oc2ccc([N+](=O)[O-])cc2[N+](=O)[O-])C(F)C(OC(C)=O)C1OC(C)=O. The quantitative estimate of drug-likeness (QED) is 0.228. The number of hydrogen-bond acceptors (Lipinski definition) is 12. The number of alkyl halides is 1. The summed E-state index contributed by atoms with van der Waals surface area (Å²) >= 11 is 0. The summed E-state index contributed by atoms with van der Waals surface area (Å²) in [6, 6.07) is 2.36. The van der Waals surface area contributed by atoms with Gasteiger partial charge in [-0.2, -0.15) is 0 Å². The normalized spacial score (nSPS) is 24.3. The average Bonchev–Trinajstić information content (AvgIpc) is 2.70. The van der Waals surface area contributed by atoms with Crippen molar-refractivity contribution in [1.82, 2.24) is 0 Å². The van der Waals surface area contributed by atoms with Crippen LogP contribution in [0.15, 0.2) is 18.2 Å². The topological polar surface area (TPSA) is 184 Å². The van der Waals surface area contributed by atoms with Gasteiger partial charge >= 0.3 is 23.6 Å². The van der Waals surface area contributed by atoms with Gasteiger partial charge in [0.1, 0.15) is 12.7 Å². The summed E-state index contributed by atoms with van der Waals surface area (Å²) in [6.45, 7) is 2.47. The van der Waals surface area contributed by atoms with Gasteiger partial charge in [-0.25, -0.2) is 4.39 Å². The Labute approximate surface area is 184 Å². The van der Waals surface area contributed by atoms with Crippen molar-refractivity contribution < 1.29 is 52.3 Å². The molecule has 0 N–H and O–H groups in total. The van der Waals surface area contributed by atoms with Crippen LogP contribution in [-0.2, 0) is 33.3 Å². The minimum atomic E-state index is -2.33. The molecule has 1 aliphatic rings. The van der Waals surface area contributed by atoms with Crippen LogP contribution in [0.3, 0.4) is 0 Å². The number of non-ortho nitro benzene ring substituents is 1. The van der Waals surface area contributed by atoms with Crippen LogP contribution in [0, 0.1) is 20.2 Å². The Morgan fingerprint density at radius 2 is 1.61 bits per heavy atom. The van der Waals surface area contributed by atoms with Gasteiger partial charge in [-0.05, 0) is 6.07 Å². The van der Waals surface area contributed by atoms with E-state index in [9.17, 15) is 34.6 Å². The van der Waals surface area contributed by atoms with E-state index in [0.29, 0.717) is 6.07 Å². The monoisotopic (exact) mass is 474 g/mol. The van der Waals surface area contributed by atoms with E-state index >= 15 is 4.39 Å². The Bertz CT molecular complexity index is 954. The highest BCUT2D eigenvalue weighted by Gasteiger charge is 2.52. The summed E-state index contributed by atoms with van der Waals surface area (Å²) < 4.78 is 40.7. The molecular weight excluding hydrogens is 455 g/mol. The van der Waals surface area contributed by atoms with E-state index in [1.165, 1.54) is 0 Å². The largest absolute Gasteiger partial charge is 0.463 e. The van der Waals surface area contributed by atoms with E-state index in [1.807, 2.05) is 0 Å². The molecule has 0 aromatic heterocycles. The summed E-state index contributed by atoms with van der Waals surface area (Å²) in [7, 11) is 0. The van der Waals surface area contributed by atoms with Crippen LogP contribution >= 0.6 is 0 Å². The summed E-state index contributed by atoms with van der Waals surface area (Å²) in [5.74, 6) is -3.17. The van der Waals surface area contributed by atoms with Crippen LogP contribution in [-0.4, -0.2) is 65.1 Å². The average molecular weight is 474 g/mol. The van der Waals surface area contributed by atoms with E-state index in [4.69, 9.17) is 23.7 Å². The van der Waals surface area contributed by atoms with Crippen molar-refractivity contribution >= 4 is 29.3 Å². The molecule has 5 unspecified atom stereocenters. The second kappa shape index (κ2) is 10.6. The second-order valence-corrected chi connectivity index (χ2v) is 6.72. The number of carbonyl (C=O) groups is 3. The molecule has 33 heavy (non-hydrogen) atoms. The number of halogens is 1. The lowest BCUT2D eigenvalue weighted by molar-refractivity contribution is -0.395. The van der Waals surface area contributed by atoms with E-state index in [1.54, 1.807) is 0 Å². The number of benzene rings is 1. The molecule has 15 heteroatoms. The van der Waals surface area contributed by atoms with Gasteiger partial charge in [0.15, 0.2) is 12.2 Å². The molecule has 1 fully saturated rings. The Balaban J connectivity index is 2.42. The van der Waals surface area contributed by atoms with Crippen molar-refractivity contribution in [2.75, 3.05) is 6.61 Å². The van der Waals surface area contributed by atoms with Gasteiger partial charge in [0.25, 0.3) is 5.69 Å². The number of carbonyl (C=O) groups excluding carboxylic acids is 3. The highest BCUT2D eigenvalue weighted by Crippen LogP contribution is 2.35. The zero-order chi connectivity index (χ0) is 24.9. The summed E-state index contributed by atoms with van der Waals surface area (Å²) in [4.78, 5) is 54.6. The van der Waals surface area contributed by atoms with Crippen molar-refractivity contribution in [3.8, 4) is 5.75 Å². The molecule has 180 valence electrons. The highest BCUT2D eigenvalue weighted by molar-refractivity contribution is 5.68. The molecule has 2 rings (SSSR count). The zero-order valence-corrected chi connectivity index (χ0v) is 17.5. The minimum absolute atomic E-state index is 0.569. The number of esters is 3. The van der Waals surface area contributed by atoms with E-state index in [-0.39, 0.29) is 0 Å². The van der Waals surface area contributed by atoms with Crippen LogP contribution in [0.5, 0.6) is 5.75 Å². The Hall–Kier alpha value is -3.88. The maximum atomic E-state index is 15.3. The third-order valence-electron chi connectivity index (χ3n) is 4.22. The Morgan fingerprint density at radius 1 is 1.00 bits per heavy atom. The van der Waals surface area contributed by atoms with E-state index in [2.05, 4.69) is 0 Å². The van der Waals surface area contributed by atoms with E-state index < -0.39 is 82.3 Å². The fourth-order valence-electron chi connectivity index (χ4n) is 2.94. The fraction of sp³-hybridized carbons (Fsp3) is 0.500. The fourth-order valence-corrected chi connectivity index (χ4v) is 2.94. The maximum Gasteiger partial charge on any atom is 0.317 e. The van der Waals surface area contributed by atoms with Crippen LogP contribution in [0.25, 0.3) is 0 Å². The van der Waals surface area contributed by atoms with Crippen LogP contribution in [0.1, 0.15) is 20.8 Å². The molecule has 1 aromatic carbocycles. The van der Waals surface area contributed by atoms with Crippen LogP contribution < -0.4 is 4.74 Å². The molecule has 0 spiro atoms. The lowest BCUT2D eigenvalue weighted by Gasteiger charge is -2.41. The van der Waals surface area contributed by atoms with Gasteiger partial charge in [0.2, 0.25) is 18.2 Å². The Kier molecular flexibility index (Phi) is 8.17. The van der Waals surface area contributed by atoms with Gasteiger partial charge in [0.05, 0.1) is 15.9 Å². The number of nitro groups is 2. The molecule has 14 nitrogen and oxygen atoms in total.